The van der Waals surface area contributed by atoms with E-state index in [0.717, 1.165) is 42.2 Å². The number of amides is 2. The second kappa shape index (κ2) is 9.34. The lowest BCUT2D eigenvalue weighted by molar-refractivity contribution is -0.122. The van der Waals surface area contributed by atoms with E-state index in [-0.39, 0.29) is 23.0 Å². The van der Waals surface area contributed by atoms with Gasteiger partial charge in [-0.1, -0.05) is 11.6 Å². The van der Waals surface area contributed by atoms with Crippen molar-refractivity contribution in [3.05, 3.63) is 53.6 Å². The van der Waals surface area contributed by atoms with Gasteiger partial charge in [-0.15, -0.1) is 11.8 Å². The third-order valence-corrected chi connectivity index (χ3v) is 6.26. The van der Waals surface area contributed by atoms with Crippen LogP contribution in [0.3, 0.4) is 0 Å². The number of piperidine rings is 1. The fourth-order valence-corrected chi connectivity index (χ4v) is 4.19. The Bertz CT molecular complexity index is 819. The van der Waals surface area contributed by atoms with Gasteiger partial charge in [0.2, 0.25) is 11.8 Å². The summed E-state index contributed by atoms with van der Waals surface area (Å²) >= 11 is 7.39. The average molecular weight is 418 g/mol. The Kier molecular flexibility index (Phi) is 6.86. The Balaban J connectivity index is 1.53. The van der Waals surface area contributed by atoms with Gasteiger partial charge in [0.15, 0.2) is 0 Å². The van der Waals surface area contributed by atoms with Crippen LogP contribution in [0.15, 0.2) is 53.4 Å². The Hall–Kier alpha value is -2.18. The quantitative estimate of drug-likeness (QED) is 0.692. The summed E-state index contributed by atoms with van der Waals surface area (Å²) in [5.41, 5.74) is 7.25. The third kappa shape index (κ3) is 5.42. The van der Waals surface area contributed by atoms with Crippen molar-refractivity contribution in [1.82, 2.24) is 0 Å². The maximum absolute atomic E-state index is 12.5. The molecular formula is C21H24ClN3O2S. The lowest BCUT2D eigenvalue weighted by Crippen LogP contribution is -2.38. The van der Waals surface area contributed by atoms with Crippen molar-refractivity contribution in [1.29, 1.82) is 0 Å². The van der Waals surface area contributed by atoms with E-state index in [9.17, 15) is 9.59 Å². The number of carbonyl (C=O) groups is 2. The summed E-state index contributed by atoms with van der Waals surface area (Å²) in [5, 5.41) is 3.41. The minimum absolute atomic E-state index is 0.0190. The van der Waals surface area contributed by atoms with Crippen molar-refractivity contribution in [2.24, 2.45) is 11.7 Å². The predicted molar refractivity (Wildman–Crippen MR) is 116 cm³/mol. The van der Waals surface area contributed by atoms with Crippen molar-refractivity contribution in [2.75, 3.05) is 23.3 Å². The molecule has 5 nitrogen and oxygen atoms in total. The molecule has 0 spiro atoms. The fourth-order valence-electron chi connectivity index (χ4n) is 3.19. The molecule has 28 heavy (non-hydrogen) atoms. The standard InChI is InChI=1S/C21H24ClN3O2S/c1-14(28-19-8-2-16(22)3-9-19)21(27)24-17-4-6-18(7-5-17)25-12-10-15(11-13-25)20(23)26/h2-9,14-15H,10-13H2,1H3,(H2,23,26)(H,24,27). The summed E-state index contributed by atoms with van der Waals surface area (Å²) in [7, 11) is 0. The molecular weight excluding hydrogens is 394 g/mol. The number of carbonyl (C=O) groups excluding carboxylic acids is 2. The number of nitrogens with zero attached hydrogens (tertiary/aromatic N) is 1. The maximum Gasteiger partial charge on any atom is 0.237 e. The number of nitrogens with two attached hydrogens (primary N) is 1. The summed E-state index contributed by atoms with van der Waals surface area (Å²) in [6, 6.07) is 15.3. The molecule has 1 aliphatic rings. The second-order valence-electron chi connectivity index (χ2n) is 6.91. The monoisotopic (exact) mass is 417 g/mol. The molecule has 0 saturated carbocycles. The van der Waals surface area contributed by atoms with Gasteiger partial charge in [0.05, 0.1) is 5.25 Å². The number of hydrogen-bond acceptors (Lipinski definition) is 4. The molecule has 2 aromatic rings. The topological polar surface area (TPSA) is 75.4 Å². The van der Waals surface area contributed by atoms with E-state index >= 15 is 0 Å². The van der Waals surface area contributed by atoms with Crippen molar-refractivity contribution in [3.63, 3.8) is 0 Å². The van der Waals surface area contributed by atoms with Crippen LogP contribution in [-0.2, 0) is 9.59 Å². The third-order valence-electron chi connectivity index (χ3n) is 4.89. The zero-order chi connectivity index (χ0) is 20.1. The highest BCUT2D eigenvalue weighted by Gasteiger charge is 2.23. The van der Waals surface area contributed by atoms with Crippen LogP contribution in [0, 0.1) is 5.92 Å². The molecule has 0 radical (unpaired) electrons. The second-order valence-corrected chi connectivity index (χ2v) is 8.76. The van der Waals surface area contributed by atoms with Gasteiger partial charge in [0.1, 0.15) is 0 Å². The van der Waals surface area contributed by atoms with Gasteiger partial charge in [-0.25, -0.2) is 0 Å². The number of primary amides is 1. The van der Waals surface area contributed by atoms with Crippen LogP contribution in [0.1, 0.15) is 19.8 Å². The number of nitrogens with one attached hydrogen (secondary N) is 1. The molecule has 0 aliphatic carbocycles. The molecule has 1 atom stereocenters. The Morgan fingerprint density at radius 2 is 1.71 bits per heavy atom. The zero-order valence-corrected chi connectivity index (χ0v) is 17.3. The summed E-state index contributed by atoms with van der Waals surface area (Å²) in [6.45, 7) is 3.51. The van der Waals surface area contributed by atoms with Crippen molar-refractivity contribution in [2.45, 2.75) is 29.9 Å². The van der Waals surface area contributed by atoms with Crippen LogP contribution < -0.4 is 16.0 Å². The van der Waals surface area contributed by atoms with Crippen LogP contribution in [0.25, 0.3) is 0 Å². The van der Waals surface area contributed by atoms with Gasteiger partial charge in [-0.05, 0) is 68.3 Å². The Morgan fingerprint density at radius 3 is 2.29 bits per heavy atom. The maximum atomic E-state index is 12.5. The molecule has 0 aromatic heterocycles. The van der Waals surface area contributed by atoms with E-state index in [1.807, 2.05) is 55.5 Å². The van der Waals surface area contributed by atoms with E-state index in [1.54, 1.807) is 0 Å². The van der Waals surface area contributed by atoms with Crippen molar-refractivity contribution < 1.29 is 9.59 Å². The SMILES string of the molecule is CC(Sc1ccc(Cl)cc1)C(=O)Nc1ccc(N2CCC(C(N)=O)CC2)cc1. The van der Waals surface area contributed by atoms with Crippen LogP contribution in [0.4, 0.5) is 11.4 Å². The summed E-state index contributed by atoms with van der Waals surface area (Å²) in [6.07, 6.45) is 1.57. The largest absolute Gasteiger partial charge is 0.371 e. The molecule has 2 amide bonds. The first-order valence-electron chi connectivity index (χ1n) is 9.30. The van der Waals surface area contributed by atoms with Crippen LogP contribution in [0.5, 0.6) is 0 Å². The highest BCUT2D eigenvalue weighted by molar-refractivity contribution is 8.00. The summed E-state index contributed by atoms with van der Waals surface area (Å²) in [5.74, 6) is -0.271. The normalized spacial score (nSPS) is 15.9. The van der Waals surface area contributed by atoms with Gasteiger partial charge < -0.3 is 16.0 Å². The van der Waals surface area contributed by atoms with Crippen LogP contribution in [-0.4, -0.2) is 30.2 Å². The van der Waals surface area contributed by atoms with Crippen LogP contribution in [0.2, 0.25) is 5.02 Å². The molecule has 3 N–H and O–H groups in total. The van der Waals surface area contributed by atoms with Gasteiger partial charge >= 0.3 is 0 Å². The van der Waals surface area contributed by atoms with Gasteiger partial charge in [0.25, 0.3) is 0 Å². The summed E-state index contributed by atoms with van der Waals surface area (Å²) < 4.78 is 0. The minimum atomic E-state index is -0.228. The van der Waals surface area contributed by atoms with Gasteiger partial charge in [0, 0.05) is 40.3 Å². The fraction of sp³-hybridized carbons (Fsp3) is 0.333. The average Bonchev–Trinajstić information content (AvgIpc) is 2.70. The number of anilines is 2. The van der Waals surface area contributed by atoms with E-state index in [2.05, 4.69) is 10.2 Å². The number of thioether (sulfide) groups is 1. The lowest BCUT2D eigenvalue weighted by atomic mass is 9.96. The Morgan fingerprint density at radius 1 is 1.11 bits per heavy atom. The molecule has 148 valence electrons. The van der Waals surface area contributed by atoms with E-state index in [4.69, 9.17) is 17.3 Å². The number of hydrogen-bond donors (Lipinski definition) is 2. The molecule has 3 rings (SSSR count). The molecule has 0 bridgehead atoms. The highest BCUT2D eigenvalue weighted by Crippen LogP contribution is 2.27. The molecule has 1 saturated heterocycles. The predicted octanol–water partition coefficient (Wildman–Crippen LogP) is 4.16. The minimum Gasteiger partial charge on any atom is -0.371 e. The zero-order valence-electron chi connectivity index (χ0n) is 15.7. The smallest absolute Gasteiger partial charge is 0.237 e. The molecule has 1 heterocycles. The number of rotatable bonds is 6. The highest BCUT2D eigenvalue weighted by atomic mass is 35.5. The van der Waals surface area contributed by atoms with Crippen LogP contribution >= 0.6 is 23.4 Å². The molecule has 1 unspecified atom stereocenters. The number of benzene rings is 2. The summed E-state index contributed by atoms with van der Waals surface area (Å²) in [4.78, 5) is 27.0. The van der Waals surface area contributed by atoms with E-state index in [0.29, 0.717) is 5.02 Å². The first kappa shape index (κ1) is 20.6. The molecule has 1 aliphatic heterocycles. The van der Waals surface area contributed by atoms with Gasteiger partial charge in [-0.3, -0.25) is 9.59 Å². The lowest BCUT2D eigenvalue weighted by Gasteiger charge is -2.32. The molecule has 7 heteroatoms. The van der Waals surface area contributed by atoms with E-state index < -0.39 is 0 Å². The van der Waals surface area contributed by atoms with Crippen molar-refractivity contribution in [3.8, 4) is 0 Å². The Labute approximate surface area is 174 Å². The first-order chi connectivity index (χ1) is 13.4. The molecule has 1 fully saturated rings. The van der Waals surface area contributed by atoms with Gasteiger partial charge in [-0.2, -0.15) is 0 Å². The van der Waals surface area contributed by atoms with Crippen molar-refractivity contribution >= 4 is 46.6 Å². The molecule has 2 aromatic carbocycles. The first-order valence-corrected chi connectivity index (χ1v) is 10.6. The number of halogens is 1. The van der Waals surface area contributed by atoms with E-state index in [1.165, 1.54) is 11.8 Å².